The topological polar surface area (TPSA) is 102 Å². The molecule has 10 heteroatoms. The Bertz CT molecular complexity index is 809. The predicted octanol–water partition coefficient (Wildman–Crippen LogP) is 2.54. The van der Waals surface area contributed by atoms with E-state index in [2.05, 4.69) is 5.32 Å². The first-order chi connectivity index (χ1) is 13.3. The van der Waals surface area contributed by atoms with Crippen molar-refractivity contribution in [3.8, 4) is 0 Å². The van der Waals surface area contributed by atoms with Crippen molar-refractivity contribution >= 4 is 23.6 Å². The summed E-state index contributed by atoms with van der Waals surface area (Å²) < 4.78 is 34.5. The van der Waals surface area contributed by atoms with Crippen LogP contribution in [-0.2, 0) is 4.74 Å². The van der Waals surface area contributed by atoms with Crippen molar-refractivity contribution in [2.24, 2.45) is 5.41 Å². The van der Waals surface area contributed by atoms with Crippen molar-refractivity contribution in [2.75, 3.05) is 29.4 Å². The Morgan fingerprint density at radius 1 is 1.31 bits per heavy atom. The van der Waals surface area contributed by atoms with E-state index < -0.39 is 47.0 Å². The molecule has 2 amide bonds. The Morgan fingerprint density at radius 3 is 2.31 bits per heavy atom. The van der Waals surface area contributed by atoms with Gasteiger partial charge in [0.05, 0.1) is 23.9 Å². The fourth-order valence-corrected chi connectivity index (χ4v) is 3.81. The maximum atomic E-state index is 14.6. The molecule has 3 N–H and O–H groups in total. The molecule has 2 fully saturated rings. The zero-order valence-electron chi connectivity index (χ0n) is 16.7. The van der Waals surface area contributed by atoms with E-state index in [1.165, 1.54) is 4.90 Å². The molecule has 1 aromatic rings. The van der Waals surface area contributed by atoms with Gasteiger partial charge in [-0.2, -0.15) is 0 Å². The Kier molecular flexibility index (Phi) is 5.10. The molecule has 0 radical (unpaired) electrons. The minimum Gasteiger partial charge on any atom is -0.465 e. The second-order valence-electron chi connectivity index (χ2n) is 8.94. The fourth-order valence-electron chi connectivity index (χ4n) is 3.81. The maximum absolute atomic E-state index is 14.6. The second-order valence-corrected chi connectivity index (χ2v) is 8.94. The van der Waals surface area contributed by atoms with E-state index >= 15 is 0 Å². The highest BCUT2D eigenvalue weighted by Gasteiger charge is 2.44. The van der Waals surface area contributed by atoms with Crippen molar-refractivity contribution in [1.82, 2.24) is 5.32 Å². The first-order valence-electron chi connectivity index (χ1n) is 9.22. The number of halogens is 2. The summed E-state index contributed by atoms with van der Waals surface area (Å²) in [5, 5.41) is 21.2. The molecule has 2 saturated heterocycles. The van der Waals surface area contributed by atoms with Gasteiger partial charge >= 0.3 is 12.2 Å². The molecule has 8 nitrogen and oxygen atoms in total. The van der Waals surface area contributed by atoms with Gasteiger partial charge in [-0.1, -0.05) is 20.8 Å². The van der Waals surface area contributed by atoms with Crippen LogP contribution in [0.15, 0.2) is 12.1 Å². The maximum Gasteiger partial charge on any atom is 0.414 e. The molecule has 1 aromatic carbocycles. The summed E-state index contributed by atoms with van der Waals surface area (Å²) in [5.41, 5.74) is -1.84. The SMILES string of the molecule is CC1(O)CN(c2c(F)cc(N3C[C@@H](C(NC(=O)O)C(C)(C)C)OC3=O)cc2F)C1. The number of aliphatic hydroxyl groups is 1. The average molecular weight is 413 g/mol. The van der Waals surface area contributed by atoms with Gasteiger partial charge in [0.15, 0.2) is 11.6 Å². The Hall–Kier alpha value is -2.62. The second kappa shape index (κ2) is 7.01. The molecule has 160 valence electrons. The summed E-state index contributed by atoms with van der Waals surface area (Å²) in [7, 11) is 0. The van der Waals surface area contributed by atoms with Crippen molar-refractivity contribution in [3.05, 3.63) is 23.8 Å². The standard InChI is InChI=1S/C19H25F2N3O5/c1-18(2,3)15(22-16(25)26)13-7-24(17(27)29-13)10-5-11(20)14(12(21)6-10)23-8-19(4,28)9-23/h5-6,13,15,22,28H,7-9H2,1-4H3,(H,25,26)/t13-,15?/m0/s1. The highest BCUT2D eigenvalue weighted by atomic mass is 19.1. The monoisotopic (exact) mass is 413 g/mol. The summed E-state index contributed by atoms with van der Waals surface area (Å²) in [5.74, 6) is -1.72. The van der Waals surface area contributed by atoms with Gasteiger partial charge in [0.2, 0.25) is 0 Å². The van der Waals surface area contributed by atoms with Crippen molar-refractivity contribution < 1.29 is 33.3 Å². The molecular formula is C19H25F2N3O5. The van der Waals surface area contributed by atoms with Crippen molar-refractivity contribution in [2.45, 2.75) is 45.4 Å². The van der Waals surface area contributed by atoms with E-state index in [4.69, 9.17) is 9.84 Å². The third-order valence-corrected chi connectivity index (χ3v) is 5.11. The number of carbonyl (C=O) groups excluding carboxylic acids is 1. The number of ether oxygens (including phenoxy) is 1. The molecule has 29 heavy (non-hydrogen) atoms. The number of nitrogens with zero attached hydrogens (tertiary/aromatic N) is 2. The molecule has 3 rings (SSSR count). The fraction of sp³-hybridized carbons (Fsp3) is 0.579. The van der Waals surface area contributed by atoms with Gasteiger partial charge in [0.1, 0.15) is 11.8 Å². The van der Waals surface area contributed by atoms with E-state index in [1.54, 1.807) is 27.7 Å². The number of hydrogen-bond acceptors (Lipinski definition) is 5. The lowest BCUT2D eigenvalue weighted by atomic mass is 9.83. The number of benzene rings is 1. The third kappa shape index (κ3) is 4.21. The average Bonchev–Trinajstić information content (AvgIpc) is 2.90. The van der Waals surface area contributed by atoms with E-state index in [-0.39, 0.29) is 31.0 Å². The van der Waals surface area contributed by atoms with Crippen LogP contribution >= 0.6 is 0 Å². The normalized spacial score (nSPS) is 22.2. The molecule has 2 aliphatic heterocycles. The predicted molar refractivity (Wildman–Crippen MR) is 101 cm³/mol. The van der Waals surface area contributed by atoms with E-state index in [9.17, 15) is 23.5 Å². The first kappa shape index (κ1) is 21.1. The number of carbonyl (C=O) groups is 2. The third-order valence-electron chi connectivity index (χ3n) is 5.11. The van der Waals surface area contributed by atoms with Crippen LogP contribution < -0.4 is 15.1 Å². The quantitative estimate of drug-likeness (QED) is 0.701. The molecule has 2 aliphatic rings. The van der Waals surface area contributed by atoms with Crippen LogP contribution in [0.5, 0.6) is 0 Å². The number of amides is 2. The molecule has 0 bridgehead atoms. The lowest BCUT2D eigenvalue weighted by Gasteiger charge is -2.45. The molecular weight excluding hydrogens is 388 g/mol. The van der Waals surface area contributed by atoms with Gasteiger partial charge in [0, 0.05) is 25.2 Å². The van der Waals surface area contributed by atoms with E-state index in [0.29, 0.717) is 0 Å². The number of nitrogens with one attached hydrogen (secondary N) is 1. The van der Waals surface area contributed by atoms with Crippen LogP contribution in [0.2, 0.25) is 0 Å². The van der Waals surface area contributed by atoms with Gasteiger partial charge in [-0.3, -0.25) is 4.90 Å². The molecule has 0 spiro atoms. The zero-order valence-corrected chi connectivity index (χ0v) is 16.7. The van der Waals surface area contributed by atoms with Crippen LogP contribution in [0.4, 0.5) is 29.7 Å². The van der Waals surface area contributed by atoms with E-state index in [1.807, 2.05) is 0 Å². The number of rotatable bonds is 4. The first-order valence-corrected chi connectivity index (χ1v) is 9.22. The van der Waals surface area contributed by atoms with Gasteiger partial charge in [-0.15, -0.1) is 0 Å². The highest BCUT2D eigenvalue weighted by molar-refractivity contribution is 5.90. The summed E-state index contributed by atoms with van der Waals surface area (Å²) in [4.78, 5) is 25.9. The minimum absolute atomic E-state index is 0.0217. The zero-order chi connectivity index (χ0) is 21.7. The van der Waals surface area contributed by atoms with Gasteiger partial charge < -0.3 is 25.2 Å². The summed E-state index contributed by atoms with van der Waals surface area (Å²) >= 11 is 0. The largest absolute Gasteiger partial charge is 0.465 e. The number of hydrogen-bond donors (Lipinski definition) is 3. The van der Waals surface area contributed by atoms with Crippen molar-refractivity contribution in [1.29, 1.82) is 0 Å². The minimum atomic E-state index is -1.26. The lowest BCUT2D eigenvalue weighted by molar-refractivity contribution is 0.0302. The summed E-state index contributed by atoms with van der Waals surface area (Å²) in [6.45, 7) is 7.09. The van der Waals surface area contributed by atoms with Gasteiger partial charge in [-0.25, -0.2) is 18.4 Å². The summed E-state index contributed by atoms with van der Waals surface area (Å²) in [6.07, 6.45) is -2.89. The Balaban J connectivity index is 1.82. The van der Waals surface area contributed by atoms with Crippen LogP contribution in [-0.4, -0.2) is 59.8 Å². The number of cyclic esters (lactones) is 1. The smallest absolute Gasteiger partial charge is 0.414 e. The highest BCUT2D eigenvalue weighted by Crippen LogP contribution is 2.36. The molecule has 0 saturated carbocycles. The summed E-state index contributed by atoms with van der Waals surface area (Å²) in [6, 6.07) is 1.35. The molecule has 2 atom stereocenters. The number of β-amino-alcohol motifs (C(OH)–C–C–N with tert-alkyl or cyclic N) is 1. The number of anilines is 2. The van der Waals surface area contributed by atoms with Gasteiger partial charge in [0.25, 0.3) is 0 Å². The lowest BCUT2D eigenvalue weighted by Crippen LogP contribution is -2.60. The molecule has 1 unspecified atom stereocenters. The van der Waals surface area contributed by atoms with Crippen LogP contribution in [0.1, 0.15) is 27.7 Å². The van der Waals surface area contributed by atoms with Gasteiger partial charge in [-0.05, 0) is 12.3 Å². The number of carboxylic acid groups (broad SMARTS) is 1. The van der Waals surface area contributed by atoms with Crippen molar-refractivity contribution in [3.63, 3.8) is 0 Å². The van der Waals surface area contributed by atoms with E-state index in [0.717, 1.165) is 17.0 Å². The van der Waals surface area contributed by atoms with Crippen LogP contribution in [0.25, 0.3) is 0 Å². The molecule has 0 aromatic heterocycles. The molecule has 0 aliphatic carbocycles. The molecule has 2 heterocycles. The Labute approximate surface area is 167 Å². The van der Waals surface area contributed by atoms with Crippen LogP contribution in [0, 0.1) is 17.0 Å². The Morgan fingerprint density at radius 2 is 1.86 bits per heavy atom. The van der Waals surface area contributed by atoms with Crippen LogP contribution in [0.3, 0.4) is 0 Å².